The number of amides is 3. The van der Waals surface area contributed by atoms with Gasteiger partial charge < -0.3 is 31.3 Å². The molecule has 1 fully saturated rings. The summed E-state index contributed by atoms with van der Waals surface area (Å²) in [6.45, 7) is 8.72. The standard InChI is InChI=1S/C17H33N5O4/c1-17(2,3)26-16(25)21-7-5-4-6-13-15(24)20-11-10-18-8-9-19-12-14(23)22-13/h13,18-19H,4-12H2,1-3H3,(H,20,24)(H,21,25)(H,22,23). The largest absolute Gasteiger partial charge is 0.444 e. The van der Waals surface area contributed by atoms with Gasteiger partial charge in [0.15, 0.2) is 0 Å². The second-order valence-electron chi connectivity index (χ2n) is 7.26. The van der Waals surface area contributed by atoms with Crippen LogP contribution in [0.15, 0.2) is 0 Å². The highest BCUT2D eigenvalue weighted by molar-refractivity contribution is 5.88. The van der Waals surface area contributed by atoms with Gasteiger partial charge in [-0.2, -0.15) is 0 Å². The zero-order valence-corrected chi connectivity index (χ0v) is 16.1. The van der Waals surface area contributed by atoms with Crippen molar-refractivity contribution in [3.63, 3.8) is 0 Å². The van der Waals surface area contributed by atoms with Crippen molar-refractivity contribution in [2.75, 3.05) is 39.3 Å². The molecule has 0 saturated carbocycles. The van der Waals surface area contributed by atoms with Crippen molar-refractivity contribution < 1.29 is 19.1 Å². The van der Waals surface area contributed by atoms with E-state index in [0.717, 1.165) is 6.54 Å². The summed E-state index contributed by atoms with van der Waals surface area (Å²) in [7, 11) is 0. The molecule has 0 aromatic carbocycles. The van der Waals surface area contributed by atoms with E-state index >= 15 is 0 Å². The molecule has 5 N–H and O–H groups in total. The second kappa shape index (κ2) is 11.7. The van der Waals surface area contributed by atoms with Crippen molar-refractivity contribution in [1.82, 2.24) is 26.6 Å². The van der Waals surface area contributed by atoms with Crippen molar-refractivity contribution in [1.29, 1.82) is 0 Å². The summed E-state index contributed by atoms with van der Waals surface area (Å²) >= 11 is 0. The monoisotopic (exact) mass is 371 g/mol. The van der Waals surface area contributed by atoms with Crippen LogP contribution in [0.2, 0.25) is 0 Å². The van der Waals surface area contributed by atoms with Gasteiger partial charge in [-0.25, -0.2) is 4.79 Å². The number of ether oxygens (including phenoxy) is 1. The van der Waals surface area contributed by atoms with E-state index in [4.69, 9.17) is 4.74 Å². The lowest BCUT2D eigenvalue weighted by Crippen LogP contribution is -2.51. The minimum Gasteiger partial charge on any atom is -0.444 e. The Hall–Kier alpha value is -1.87. The topological polar surface area (TPSA) is 121 Å². The molecule has 0 radical (unpaired) electrons. The van der Waals surface area contributed by atoms with Gasteiger partial charge in [-0.15, -0.1) is 0 Å². The van der Waals surface area contributed by atoms with Crippen LogP contribution in [0.25, 0.3) is 0 Å². The molecule has 0 bridgehead atoms. The van der Waals surface area contributed by atoms with Gasteiger partial charge in [-0.05, 0) is 40.0 Å². The molecule has 1 saturated heterocycles. The number of hydrogen-bond donors (Lipinski definition) is 5. The Labute approximate surface area is 155 Å². The Balaban J connectivity index is 2.34. The first-order chi connectivity index (χ1) is 12.3. The SMILES string of the molecule is CC(C)(C)OC(=O)NCCCCC1NC(=O)CNCCNCCNC1=O. The van der Waals surface area contributed by atoms with Crippen LogP contribution in [0.5, 0.6) is 0 Å². The third kappa shape index (κ3) is 10.9. The van der Waals surface area contributed by atoms with E-state index in [0.29, 0.717) is 45.4 Å². The molecule has 0 aromatic rings. The van der Waals surface area contributed by atoms with E-state index in [-0.39, 0.29) is 18.4 Å². The Bertz CT molecular complexity index is 465. The average molecular weight is 371 g/mol. The fraction of sp³-hybridized carbons (Fsp3) is 0.824. The number of alkyl carbamates (subject to hydrolysis) is 1. The minimum absolute atomic E-state index is 0.180. The van der Waals surface area contributed by atoms with E-state index in [9.17, 15) is 14.4 Å². The quantitative estimate of drug-likeness (QED) is 0.415. The predicted molar refractivity (Wildman–Crippen MR) is 98.8 cm³/mol. The van der Waals surface area contributed by atoms with Gasteiger partial charge >= 0.3 is 6.09 Å². The summed E-state index contributed by atoms with van der Waals surface area (Å²) < 4.78 is 5.16. The number of carbonyl (C=O) groups excluding carboxylic acids is 3. The molecule has 0 aromatic heterocycles. The van der Waals surface area contributed by atoms with Crippen molar-refractivity contribution in [3.05, 3.63) is 0 Å². The highest BCUT2D eigenvalue weighted by Crippen LogP contribution is 2.06. The third-order valence-electron chi connectivity index (χ3n) is 3.60. The van der Waals surface area contributed by atoms with Crippen LogP contribution < -0.4 is 26.6 Å². The van der Waals surface area contributed by atoms with E-state index in [2.05, 4.69) is 26.6 Å². The number of carbonyl (C=O) groups is 3. The molecule has 1 heterocycles. The molecule has 9 nitrogen and oxygen atoms in total. The summed E-state index contributed by atoms with van der Waals surface area (Å²) in [5.74, 6) is -0.376. The fourth-order valence-electron chi connectivity index (χ4n) is 2.39. The predicted octanol–water partition coefficient (Wildman–Crippen LogP) is -0.525. The highest BCUT2D eigenvalue weighted by Gasteiger charge is 2.20. The molecule has 1 aliphatic rings. The third-order valence-corrected chi connectivity index (χ3v) is 3.60. The number of nitrogens with one attached hydrogen (secondary N) is 5. The second-order valence-corrected chi connectivity index (χ2v) is 7.26. The maximum absolute atomic E-state index is 12.2. The van der Waals surface area contributed by atoms with Crippen molar-refractivity contribution in [2.45, 2.75) is 51.7 Å². The zero-order chi connectivity index (χ0) is 19.4. The smallest absolute Gasteiger partial charge is 0.407 e. The average Bonchev–Trinajstić information content (AvgIpc) is 2.52. The van der Waals surface area contributed by atoms with Crippen LogP contribution >= 0.6 is 0 Å². The molecule has 1 aliphatic heterocycles. The lowest BCUT2D eigenvalue weighted by atomic mass is 10.1. The molecule has 0 aliphatic carbocycles. The minimum atomic E-state index is -0.565. The number of rotatable bonds is 5. The molecule has 3 amide bonds. The van der Waals surface area contributed by atoms with Gasteiger partial charge in [0.2, 0.25) is 11.8 Å². The molecule has 1 unspecified atom stereocenters. The van der Waals surface area contributed by atoms with Crippen LogP contribution in [0.1, 0.15) is 40.0 Å². The van der Waals surface area contributed by atoms with Gasteiger partial charge in [0.1, 0.15) is 11.6 Å². The molecular weight excluding hydrogens is 338 g/mol. The van der Waals surface area contributed by atoms with E-state index in [1.165, 1.54) is 0 Å². The van der Waals surface area contributed by atoms with Crippen LogP contribution in [-0.2, 0) is 14.3 Å². The summed E-state index contributed by atoms with van der Waals surface area (Å²) in [6, 6.07) is -0.565. The Morgan fingerprint density at radius 3 is 2.54 bits per heavy atom. The van der Waals surface area contributed by atoms with Crippen molar-refractivity contribution in [3.8, 4) is 0 Å². The molecule has 9 heteroatoms. The lowest BCUT2D eigenvalue weighted by Gasteiger charge is -2.21. The molecule has 0 spiro atoms. The van der Waals surface area contributed by atoms with Crippen LogP contribution in [0.3, 0.4) is 0 Å². The van der Waals surface area contributed by atoms with E-state index in [1.807, 2.05) is 20.8 Å². The van der Waals surface area contributed by atoms with Crippen LogP contribution in [0.4, 0.5) is 4.79 Å². The molecule has 1 rings (SSSR count). The number of unbranched alkanes of at least 4 members (excludes halogenated alkanes) is 1. The van der Waals surface area contributed by atoms with Crippen molar-refractivity contribution in [2.24, 2.45) is 0 Å². The first-order valence-corrected chi connectivity index (χ1v) is 9.23. The fourth-order valence-corrected chi connectivity index (χ4v) is 2.39. The first-order valence-electron chi connectivity index (χ1n) is 9.23. The molecule has 1 atom stereocenters. The summed E-state index contributed by atoms with van der Waals surface area (Å²) in [4.78, 5) is 35.7. The van der Waals surface area contributed by atoms with Crippen molar-refractivity contribution >= 4 is 17.9 Å². The van der Waals surface area contributed by atoms with Crippen LogP contribution in [0, 0.1) is 0 Å². The molecule has 26 heavy (non-hydrogen) atoms. The number of hydrogen-bond acceptors (Lipinski definition) is 6. The molecular formula is C17H33N5O4. The lowest BCUT2D eigenvalue weighted by molar-refractivity contribution is -0.128. The maximum atomic E-state index is 12.2. The van der Waals surface area contributed by atoms with Crippen LogP contribution in [-0.4, -0.2) is 68.8 Å². The summed E-state index contributed by atoms with van der Waals surface area (Å²) in [5, 5.41) is 14.5. The van der Waals surface area contributed by atoms with Gasteiger partial charge in [-0.1, -0.05) is 0 Å². The Morgan fingerprint density at radius 1 is 1.12 bits per heavy atom. The van der Waals surface area contributed by atoms with Gasteiger partial charge in [0.05, 0.1) is 6.54 Å². The highest BCUT2D eigenvalue weighted by atomic mass is 16.6. The Kier molecular flexibility index (Phi) is 9.97. The zero-order valence-electron chi connectivity index (χ0n) is 16.1. The van der Waals surface area contributed by atoms with Gasteiger partial charge in [0.25, 0.3) is 0 Å². The van der Waals surface area contributed by atoms with Gasteiger partial charge in [-0.3, -0.25) is 9.59 Å². The first kappa shape index (κ1) is 22.2. The molecule has 150 valence electrons. The van der Waals surface area contributed by atoms with E-state index in [1.54, 1.807) is 0 Å². The normalized spacial score (nSPS) is 20.2. The van der Waals surface area contributed by atoms with E-state index < -0.39 is 17.7 Å². The maximum Gasteiger partial charge on any atom is 0.407 e. The summed E-state index contributed by atoms with van der Waals surface area (Å²) in [5.41, 5.74) is -0.525. The summed E-state index contributed by atoms with van der Waals surface area (Å²) in [6.07, 6.45) is 1.45. The van der Waals surface area contributed by atoms with Gasteiger partial charge in [0, 0.05) is 32.7 Å². The Morgan fingerprint density at radius 2 is 1.81 bits per heavy atom.